The van der Waals surface area contributed by atoms with Gasteiger partial charge < -0.3 is 10.4 Å². The van der Waals surface area contributed by atoms with Crippen molar-refractivity contribution in [2.75, 3.05) is 6.54 Å². The van der Waals surface area contributed by atoms with Gasteiger partial charge in [0.05, 0.1) is 10.6 Å². The number of aromatic nitrogens is 1. The minimum atomic E-state index is -0.906. The Bertz CT molecular complexity index is 402. The Morgan fingerprint density at radius 3 is 2.72 bits per heavy atom. The largest absolute Gasteiger partial charge is 0.388 e. The van der Waals surface area contributed by atoms with E-state index in [0.717, 1.165) is 0 Å². The molecule has 4 nitrogen and oxygen atoms in total. The van der Waals surface area contributed by atoms with Crippen LogP contribution in [0.25, 0.3) is 0 Å². The number of aliphatic hydroxyl groups is 1. The number of hydrogen-bond donors (Lipinski definition) is 2. The molecule has 18 heavy (non-hydrogen) atoms. The molecule has 0 aliphatic carbocycles. The second-order valence-electron chi connectivity index (χ2n) is 5.14. The monoisotopic (exact) mass is 270 g/mol. The minimum absolute atomic E-state index is 0.203. The zero-order valence-corrected chi connectivity index (χ0v) is 11.7. The summed E-state index contributed by atoms with van der Waals surface area (Å²) in [4.78, 5) is 15.7. The van der Waals surface area contributed by atoms with Crippen LogP contribution in [0, 0.1) is 5.92 Å². The molecule has 0 aromatic carbocycles. The second-order valence-corrected chi connectivity index (χ2v) is 5.58. The summed E-state index contributed by atoms with van der Waals surface area (Å²) in [7, 11) is 0. The van der Waals surface area contributed by atoms with Crippen LogP contribution in [0.15, 0.2) is 18.3 Å². The molecule has 100 valence electrons. The first-order chi connectivity index (χ1) is 8.30. The summed E-state index contributed by atoms with van der Waals surface area (Å²) >= 11 is 5.69. The SMILES string of the molecule is CC(C)CC(C)(O)CNC(=O)c1ccc(Cl)cn1. The summed E-state index contributed by atoms with van der Waals surface area (Å²) in [6, 6.07) is 3.16. The third-order valence-electron chi connectivity index (χ3n) is 2.44. The van der Waals surface area contributed by atoms with Gasteiger partial charge in [0.25, 0.3) is 5.91 Å². The highest BCUT2D eigenvalue weighted by Crippen LogP contribution is 2.15. The van der Waals surface area contributed by atoms with Gasteiger partial charge in [-0.1, -0.05) is 25.4 Å². The molecule has 2 N–H and O–H groups in total. The number of amides is 1. The minimum Gasteiger partial charge on any atom is -0.388 e. The van der Waals surface area contributed by atoms with Gasteiger partial charge in [-0.15, -0.1) is 0 Å². The van der Waals surface area contributed by atoms with Gasteiger partial charge in [-0.3, -0.25) is 4.79 Å². The highest BCUT2D eigenvalue weighted by Gasteiger charge is 2.22. The van der Waals surface area contributed by atoms with E-state index >= 15 is 0 Å². The fraction of sp³-hybridized carbons (Fsp3) is 0.538. The number of halogens is 1. The van der Waals surface area contributed by atoms with E-state index in [-0.39, 0.29) is 12.5 Å². The zero-order chi connectivity index (χ0) is 13.8. The molecule has 0 saturated carbocycles. The van der Waals surface area contributed by atoms with Crippen molar-refractivity contribution >= 4 is 17.5 Å². The fourth-order valence-electron chi connectivity index (χ4n) is 1.82. The predicted molar refractivity (Wildman–Crippen MR) is 71.7 cm³/mol. The van der Waals surface area contributed by atoms with Gasteiger partial charge in [0.1, 0.15) is 5.69 Å². The van der Waals surface area contributed by atoms with Crippen LogP contribution in [-0.2, 0) is 0 Å². The molecule has 0 aliphatic heterocycles. The molecule has 1 amide bonds. The summed E-state index contributed by atoms with van der Waals surface area (Å²) in [5.74, 6) is 0.0567. The van der Waals surface area contributed by atoms with Crippen LogP contribution in [0.4, 0.5) is 0 Å². The van der Waals surface area contributed by atoms with Crippen LogP contribution in [0.5, 0.6) is 0 Å². The highest BCUT2D eigenvalue weighted by molar-refractivity contribution is 6.30. The van der Waals surface area contributed by atoms with Crippen molar-refractivity contribution in [2.45, 2.75) is 32.8 Å². The number of carbonyl (C=O) groups is 1. The van der Waals surface area contributed by atoms with Gasteiger partial charge >= 0.3 is 0 Å². The molecule has 0 radical (unpaired) electrons. The molecular formula is C13H19ClN2O2. The van der Waals surface area contributed by atoms with Gasteiger partial charge in [-0.25, -0.2) is 4.98 Å². The molecule has 1 rings (SSSR count). The smallest absolute Gasteiger partial charge is 0.269 e. The first-order valence-corrected chi connectivity index (χ1v) is 6.30. The van der Waals surface area contributed by atoms with E-state index in [4.69, 9.17) is 11.6 Å². The third kappa shape index (κ3) is 5.02. The van der Waals surface area contributed by atoms with Crippen LogP contribution < -0.4 is 5.32 Å². The maximum absolute atomic E-state index is 11.8. The summed E-state index contributed by atoms with van der Waals surface area (Å²) in [5, 5.41) is 13.2. The van der Waals surface area contributed by atoms with Crippen molar-refractivity contribution in [1.82, 2.24) is 10.3 Å². The molecule has 0 saturated heterocycles. The van der Waals surface area contributed by atoms with Gasteiger partial charge in [0, 0.05) is 12.7 Å². The van der Waals surface area contributed by atoms with E-state index in [9.17, 15) is 9.90 Å². The van der Waals surface area contributed by atoms with E-state index < -0.39 is 5.60 Å². The Balaban J connectivity index is 2.53. The maximum Gasteiger partial charge on any atom is 0.269 e. The molecule has 1 unspecified atom stereocenters. The molecule has 0 aliphatic rings. The van der Waals surface area contributed by atoms with Crippen LogP contribution in [0.3, 0.4) is 0 Å². The molecule has 0 spiro atoms. The lowest BCUT2D eigenvalue weighted by atomic mass is 9.94. The lowest BCUT2D eigenvalue weighted by molar-refractivity contribution is 0.0367. The fourth-order valence-corrected chi connectivity index (χ4v) is 1.93. The number of nitrogens with zero attached hydrogens (tertiary/aromatic N) is 1. The average molecular weight is 271 g/mol. The van der Waals surface area contributed by atoms with Gasteiger partial charge in [0.15, 0.2) is 0 Å². The van der Waals surface area contributed by atoms with E-state index in [1.807, 2.05) is 13.8 Å². The van der Waals surface area contributed by atoms with E-state index in [2.05, 4.69) is 10.3 Å². The standard InChI is InChI=1S/C13H19ClN2O2/c1-9(2)6-13(3,18)8-16-12(17)11-5-4-10(14)7-15-11/h4-5,7,9,18H,6,8H2,1-3H3,(H,16,17). The van der Waals surface area contributed by atoms with Gasteiger partial charge in [-0.05, 0) is 31.4 Å². The van der Waals surface area contributed by atoms with Gasteiger partial charge in [-0.2, -0.15) is 0 Å². The predicted octanol–water partition coefficient (Wildman–Crippen LogP) is 2.26. The third-order valence-corrected chi connectivity index (χ3v) is 2.66. The number of rotatable bonds is 5. The van der Waals surface area contributed by atoms with Crippen molar-refractivity contribution < 1.29 is 9.90 Å². The molecular weight excluding hydrogens is 252 g/mol. The first-order valence-electron chi connectivity index (χ1n) is 5.92. The summed E-state index contributed by atoms with van der Waals surface area (Å²) < 4.78 is 0. The number of nitrogens with one attached hydrogen (secondary N) is 1. The van der Waals surface area contributed by atoms with E-state index in [1.54, 1.807) is 19.1 Å². The highest BCUT2D eigenvalue weighted by atomic mass is 35.5. The van der Waals surface area contributed by atoms with Crippen LogP contribution >= 0.6 is 11.6 Å². The van der Waals surface area contributed by atoms with Crippen LogP contribution in [0.1, 0.15) is 37.7 Å². The molecule has 5 heteroatoms. The Hall–Kier alpha value is -1.13. The number of carbonyl (C=O) groups excluding carboxylic acids is 1. The van der Waals surface area contributed by atoms with Gasteiger partial charge in [0.2, 0.25) is 0 Å². The van der Waals surface area contributed by atoms with Crippen molar-refractivity contribution in [3.63, 3.8) is 0 Å². The Morgan fingerprint density at radius 1 is 1.56 bits per heavy atom. The Kier molecular flexibility index (Phi) is 5.11. The lowest BCUT2D eigenvalue weighted by Crippen LogP contribution is -2.41. The summed E-state index contributed by atoms with van der Waals surface area (Å²) in [6.45, 7) is 5.96. The second kappa shape index (κ2) is 6.16. The Labute approximate surface area is 112 Å². The van der Waals surface area contributed by atoms with Crippen LogP contribution in [-0.4, -0.2) is 28.1 Å². The lowest BCUT2D eigenvalue weighted by Gasteiger charge is -2.25. The van der Waals surface area contributed by atoms with Crippen molar-refractivity contribution in [2.24, 2.45) is 5.92 Å². The van der Waals surface area contributed by atoms with Crippen molar-refractivity contribution in [3.05, 3.63) is 29.0 Å². The average Bonchev–Trinajstić information content (AvgIpc) is 2.25. The van der Waals surface area contributed by atoms with E-state index in [0.29, 0.717) is 23.1 Å². The quantitative estimate of drug-likeness (QED) is 0.863. The number of hydrogen-bond acceptors (Lipinski definition) is 3. The Morgan fingerprint density at radius 2 is 2.22 bits per heavy atom. The maximum atomic E-state index is 11.8. The molecule has 0 fully saturated rings. The van der Waals surface area contributed by atoms with E-state index in [1.165, 1.54) is 6.20 Å². The molecule has 1 heterocycles. The van der Waals surface area contributed by atoms with Crippen molar-refractivity contribution in [1.29, 1.82) is 0 Å². The summed E-state index contributed by atoms with van der Waals surface area (Å²) in [6.07, 6.45) is 2.05. The number of pyridine rings is 1. The topological polar surface area (TPSA) is 62.2 Å². The summed E-state index contributed by atoms with van der Waals surface area (Å²) in [5.41, 5.74) is -0.615. The zero-order valence-electron chi connectivity index (χ0n) is 10.9. The molecule has 1 aromatic rings. The molecule has 1 atom stereocenters. The molecule has 1 aromatic heterocycles. The van der Waals surface area contributed by atoms with Crippen LogP contribution in [0.2, 0.25) is 5.02 Å². The molecule has 0 bridgehead atoms. The van der Waals surface area contributed by atoms with Crippen molar-refractivity contribution in [3.8, 4) is 0 Å². The first kappa shape index (κ1) is 14.9. The normalized spacial score (nSPS) is 14.3.